The number of amides is 1. The van der Waals surface area contributed by atoms with Crippen molar-refractivity contribution in [1.29, 1.82) is 0 Å². The lowest BCUT2D eigenvalue weighted by Gasteiger charge is -2.22. The molecule has 0 aliphatic rings. The van der Waals surface area contributed by atoms with Crippen LogP contribution >= 0.6 is 0 Å². The number of aromatic nitrogens is 2. The molecule has 26 heavy (non-hydrogen) atoms. The predicted molar refractivity (Wildman–Crippen MR) is 90.9 cm³/mol. The molecule has 0 aliphatic carbocycles. The summed E-state index contributed by atoms with van der Waals surface area (Å²) in [5, 5.41) is 9.49. The van der Waals surface area contributed by atoms with Crippen LogP contribution in [0.5, 0.6) is 0 Å². The maximum atomic E-state index is 12.6. The van der Waals surface area contributed by atoms with Crippen molar-refractivity contribution in [2.75, 3.05) is 23.3 Å². The minimum atomic E-state index is -5.01. The van der Waals surface area contributed by atoms with Crippen LogP contribution in [0.1, 0.15) is 13.8 Å². The third-order valence-corrected chi connectivity index (χ3v) is 3.41. The minimum Gasteiger partial charge on any atom is -0.372 e. The van der Waals surface area contributed by atoms with Gasteiger partial charge in [-0.3, -0.25) is 4.79 Å². The number of hydrogen-bond acceptors (Lipinski definition) is 6. The first-order valence-corrected chi connectivity index (χ1v) is 7.81. The van der Waals surface area contributed by atoms with Crippen molar-refractivity contribution in [2.45, 2.75) is 20.0 Å². The number of rotatable bonds is 6. The lowest BCUT2D eigenvalue weighted by molar-refractivity contribution is -0.167. The molecular formula is C16H17F3N6O. The number of benzene rings is 1. The second kappa shape index (κ2) is 8.37. The summed E-state index contributed by atoms with van der Waals surface area (Å²) in [5.41, 5.74) is 0.616. The fraction of sp³-hybridized carbons (Fsp3) is 0.312. The van der Waals surface area contributed by atoms with Gasteiger partial charge in [-0.1, -0.05) is 0 Å². The molecule has 0 saturated carbocycles. The Morgan fingerprint density at radius 1 is 1.15 bits per heavy atom. The number of alkyl halides is 3. The second-order valence-corrected chi connectivity index (χ2v) is 5.07. The fourth-order valence-electron chi connectivity index (χ4n) is 2.13. The Morgan fingerprint density at radius 3 is 2.38 bits per heavy atom. The van der Waals surface area contributed by atoms with Crippen molar-refractivity contribution < 1.29 is 18.0 Å². The standard InChI is InChI=1S/C16H17F3N6O/c1-3-25(4-2)11-6-7-12(23-24-15-20-8-5-9-21-15)13(10-11)22-14(26)16(17,18)19/h5-10H,3-4H2,1-2H3,(H,22,26). The smallest absolute Gasteiger partial charge is 0.372 e. The van der Waals surface area contributed by atoms with Gasteiger partial charge in [-0.2, -0.15) is 13.2 Å². The van der Waals surface area contributed by atoms with Gasteiger partial charge in [0.15, 0.2) is 0 Å². The van der Waals surface area contributed by atoms with Crippen molar-refractivity contribution in [3.63, 3.8) is 0 Å². The van der Waals surface area contributed by atoms with Gasteiger partial charge in [-0.25, -0.2) is 9.97 Å². The van der Waals surface area contributed by atoms with E-state index in [1.807, 2.05) is 24.1 Å². The van der Waals surface area contributed by atoms with Crippen molar-refractivity contribution in [3.05, 3.63) is 36.7 Å². The molecule has 2 rings (SSSR count). The average Bonchev–Trinajstić information content (AvgIpc) is 2.62. The topological polar surface area (TPSA) is 82.8 Å². The van der Waals surface area contributed by atoms with Crippen LogP contribution in [0.2, 0.25) is 0 Å². The number of nitrogens with zero attached hydrogens (tertiary/aromatic N) is 5. The normalized spacial score (nSPS) is 11.6. The van der Waals surface area contributed by atoms with Gasteiger partial charge in [0.2, 0.25) is 0 Å². The van der Waals surface area contributed by atoms with Crippen LogP contribution < -0.4 is 10.2 Å². The third-order valence-electron chi connectivity index (χ3n) is 3.41. The van der Waals surface area contributed by atoms with E-state index in [2.05, 4.69) is 20.2 Å². The van der Waals surface area contributed by atoms with Gasteiger partial charge in [-0.05, 0) is 38.1 Å². The molecule has 0 aliphatic heterocycles. The van der Waals surface area contributed by atoms with E-state index in [1.165, 1.54) is 24.5 Å². The average molecular weight is 366 g/mol. The molecule has 7 nitrogen and oxygen atoms in total. The molecule has 0 radical (unpaired) electrons. The fourth-order valence-corrected chi connectivity index (χ4v) is 2.13. The van der Waals surface area contributed by atoms with Gasteiger partial charge < -0.3 is 10.2 Å². The highest BCUT2D eigenvalue weighted by Gasteiger charge is 2.39. The van der Waals surface area contributed by atoms with Crippen molar-refractivity contribution in [2.24, 2.45) is 10.2 Å². The second-order valence-electron chi connectivity index (χ2n) is 5.07. The number of halogens is 3. The molecule has 1 amide bonds. The van der Waals surface area contributed by atoms with Crippen LogP contribution in [0.4, 0.5) is 36.2 Å². The summed E-state index contributed by atoms with van der Waals surface area (Å²) in [6.45, 7) is 5.14. The van der Waals surface area contributed by atoms with Crippen LogP contribution in [0.25, 0.3) is 0 Å². The van der Waals surface area contributed by atoms with E-state index < -0.39 is 12.1 Å². The van der Waals surface area contributed by atoms with E-state index in [4.69, 9.17) is 0 Å². The van der Waals surface area contributed by atoms with Crippen LogP contribution in [-0.2, 0) is 4.79 Å². The summed E-state index contributed by atoms with van der Waals surface area (Å²) in [7, 11) is 0. The van der Waals surface area contributed by atoms with Crippen LogP contribution in [0.15, 0.2) is 46.9 Å². The summed E-state index contributed by atoms with van der Waals surface area (Å²) < 4.78 is 37.8. The lowest BCUT2D eigenvalue weighted by atomic mass is 10.2. The number of hydrogen-bond donors (Lipinski definition) is 1. The first-order valence-electron chi connectivity index (χ1n) is 7.81. The molecule has 138 valence electrons. The highest BCUT2D eigenvalue weighted by atomic mass is 19.4. The zero-order valence-corrected chi connectivity index (χ0v) is 14.2. The van der Waals surface area contributed by atoms with Gasteiger partial charge in [0, 0.05) is 31.2 Å². The third kappa shape index (κ3) is 4.98. The Morgan fingerprint density at radius 2 is 1.81 bits per heavy atom. The Hall–Kier alpha value is -3.04. The molecule has 0 bridgehead atoms. The molecule has 1 N–H and O–H groups in total. The predicted octanol–water partition coefficient (Wildman–Crippen LogP) is 4.24. The first-order chi connectivity index (χ1) is 12.3. The van der Waals surface area contributed by atoms with Crippen LogP contribution in [0, 0.1) is 0 Å². The Kier molecular flexibility index (Phi) is 6.21. The number of anilines is 2. The molecule has 1 heterocycles. The number of azo groups is 1. The van der Waals surface area contributed by atoms with E-state index in [1.54, 1.807) is 12.1 Å². The Balaban J connectivity index is 2.39. The number of carbonyl (C=O) groups is 1. The van der Waals surface area contributed by atoms with Gasteiger partial charge in [-0.15, -0.1) is 10.2 Å². The van der Waals surface area contributed by atoms with Gasteiger partial charge >= 0.3 is 12.1 Å². The minimum absolute atomic E-state index is 0.0495. The summed E-state index contributed by atoms with van der Waals surface area (Å²) in [6, 6.07) is 6.19. The lowest BCUT2D eigenvalue weighted by Crippen LogP contribution is -2.30. The highest BCUT2D eigenvalue weighted by molar-refractivity contribution is 5.97. The molecule has 2 aromatic rings. The highest BCUT2D eigenvalue weighted by Crippen LogP contribution is 2.32. The number of nitrogens with one attached hydrogen (secondary N) is 1. The number of carbonyl (C=O) groups excluding carboxylic acids is 1. The van der Waals surface area contributed by atoms with Crippen LogP contribution in [-0.4, -0.2) is 35.1 Å². The van der Waals surface area contributed by atoms with Crippen LogP contribution in [0.3, 0.4) is 0 Å². The molecule has 10 heteroatoms. The van der Waals surface area contributed by atoms with Gasteiger partial charge in [0.1, 0.15) is 5.69 Å². The van der Waals surface area contributed by atoms with E-state index in [0.29, 0.717) is 18.8 Å². The summed E-state index contributed by atoms with van der Waals surface area (Å²) in [4.78, 5) is 21.0. The van der Waals surface area contributed by atoms with E-state index in [-0.39, 0.29) is 17.3 Å². The van der Waals surface area contributed by atoms with Crippen molar-refractivity contribution in [3.8, 4) is 0 Å². The van der Waals surface area contributed by atoms with Crippen molar-refractivity contribution in [1.82, 2.24) is 9.97 Å². The maximum Gasteiger partial charge on any atom is 0.471 e. The van der Waals surface area contributed by atoms with Gasteiger partial charge in [0.25, 0.3) is 5.95 Å². The maximum absolute atomic E-state index is 12.6. The molecule has 0 saturated heterocycles. The SMILES string of the molecule is CCN(CC)c1ccc(N=Nc2ncccn2)c(NC(=O)C(F)(F)F)c1. The first kappa shape index (κ1) is 19.3. The van der Waals surface area contributed by atoms with Gasteiger partial charge in [0.05, 0.1) is 5.69 Å². The summed E-state index contributed by atoms with van der Waals surface area (Å²) in [6.07, 6.45) is -2.10. The van der Waals surface area contributed by atoms with Crippen molar-refractivity contribution >= 4 is 28.9 Å². The summed E-state index contributed by atoms with van der Waals surface area (Å²) in [5.74, 6) is -2.03. The summed E-state index contributed by atoms with van der Waals surface area (Å²) >= 11 is 0. The zero-order valence-electron chi connectivity index (χ0n) is 14.2. The molecule has 1 aromatic carbocycles. The molecule has 0 unspecified atom stereocenters. The zero-order chi connectivity index (χ0) is 19.2. The largest absolute Gasteiger partial charge is 0.471 e. The molecule has 1 aromatic heterocycles. The quantitative estimate of drug-likeness (QED) is 0.775. The Bertz CT molecular complexity index is 775. The van der Waals surface area contributed by atoms with E-state index in [0.717, 1.165) is 0 Å². The monoisotopic (exact) mass is 366 g/mol. The molecule has 0 spiro atoms. The Labute approximate surface area is 148 Å². The van der Waals surface area contributed by atoms with E-state index in [9.17, 15) is 18.0 Å². The van der Waals surface area contributed by atoms with E-state index >= 15 is 0 Å². The molecule has 0 fully saturated rings. The molecular weight excluding hydrogens is 349 g/mol. The molecule has 0 atom stereocenters.